The number of rotatable bonds is 7. The van der Waals surface area contributed by atoms with Gasteiger partial charge in [-0.15, -0.1) is 0 Å². The number of β-amino-alcohol motifs (C(OH)–C–C–N with tert-alkyl or cyclic N) is 1. The van der Waals surface area contributed by atoms with Crippen molar-refractivity contribution < 1.29 is 23.4 Å². The number of anilines is 1. The quantitative estimate of drug-likeness (QED) is 0.768. The summed E-state index contributed by atoms with van der Waals surface area (Å²) in [4.78, 5) is 16.2. The monoisotopic (exact) mass is 363 g/mol. The molecule has 1 aromatic carbocycles. The molecule has 134 valence electrons. The predicted octanol–water partition coefficient (Wildman–Crippen LogP) is 1.49. The van der Waals surface area contributed by atoms with Crippen molar-refractivity contribution >= 4 is 23.2 Å². The van der Waals surface area contributed by atoms with Crippen LogP contribution < -0.4 is 10.1 Å². The maximum atomic E-state index is 12.2. The highest BCUT2D eigenvalue weighted by Gasteiger charge is 2.18. The minimum absolute atomic E-state index is 0.00529. The Kier molecular flexibility index (Phi) is 7.16. The van der Waals surface area contributed by atoms with Gasteiger partial charge in [0.15, 0.2) is 0 Å². The number of carbonyl (C=O) groups excluding carboxylic acids is 1. The van der Waals surface area contributed by atoms with E-state index in [1.54, 1.807) is 0 Å². The largest absolute Gasteiger partial charge is 0.433 e. The number of carbonyl (C=O) groups is 1. The van der Waals surface area contributed by atoms with Gasteiger partial charge in [0.2, 0.25) is 5.91 Å². The molecule has 0 unspecified atom stereocenters. The second kappa shape index (κ2) is 9.12. The number of hydrogen-bond donors (Lipinski definition) is 2. The molecule has 0 saturated carbocycles. The summed E-state index contributed by atoms with van der Waals surface area (Å²) >= 11 is 5.85. The first-order valence-electron chi connectivity index (χ1n) is 7.57. The Morgan fingerprint density at radius 2 is 1.96 bits per heavy atom. The van der Waals surface area contributed by atoms with E-state index in [1.807, 2.05) is 4.90 Å². The van der Waals surface area contributed by atoms with E-state index in [0.29, 0.717) is 12.2 Å². The van der Waals surface area contributed by atoms with Crippen LogP contribution in [0.3, 0.4) is 0 Å². The Hall–Kier alpha value is -1.48. The molecule has 0 bridgehead atoms. The van der Waals surface area contributed by atoms with Crippen molar-refractivity contribution in [1.29, 1.82) is 0 Å². The number of hydrogen-bond acceptors (Lipinski definition) is 5. The van der Waals surface area contributed by atoms with Crippen LogP contribution in [-0.2, 0) is 4.79 Å². The Morgan fingerprint density at radius 1 is 1.29 bits per heavy atom. The molecule has 1 aliphatic heterocycles. The molecule has 0 radical (unpaired) electrons. The van der Waals surface area contributed by atoms with Crippen LogP contribution in [0.15, 0.2) is 18.2 Å². The van der Waals surface area contributed by atoms with Crippen molar-refractivity contribution in [2.45, 2.75) is 6.61 Å². The SMILES string of the molecule is O=C(CN1CCN(CCO)CC1)Nc1ccc(OC(F)F)c(Cl)c1. The van der Waals surface area contributed by atoms with Gasteiger partial charge in [-0.1, -0.05) is 11.6 Å². The van der Waals surface area contributed by atoms with Gasteiger partial charge in [0, 0.05) is 38.4 Å². The lowest BCUT2D eigenvalue weighted by Gasteiger charge is -2.33. The van der Waals surface area contributed by atoms with E-state index in [1.165, 1.54) is 18.2 Å². The van der Waals surface area contributed by atoms with Gasteiger partial charge < -0.3 is 15.2 Å². The van der Waals surface area contributed by atoms with Gasteiger partial charge >= 0.3 is 6.61 Å². The van der Waals surface area contributed by atoms with E-state index in [0.717, 1.165) is 26.2 Å². The van der Waals surface area contributed by atoms with E-state index >= 15 is 0 Å². The van der Waals surface area contributed by atoms with Gasteiger partial charge in [0.05, 0.1) is 18.2 Å². The maximum Gasteiger partial charge on any atom is 0.387 e. The van der Waals surface area contributed by atoms with Crippen molar-refractivity contribution in [2.24, 2.45) is 0 Å². The first-order chi connectivity index (χ1) is 11.5. The Bertz CT molecular complexity index is 555. The van der Waals surface area contributed by atoms with Crippen molar-refractivity contribution in [3.8, 4) is 5.75 Å². The van der Waals surface area contributed by atoms with E-state index in [9.17, 15) is 13.6 Å². The molecule has 1 aromatic rings. The third-order valence-corrected chi connectivity index (χ3v) is 3.98. The zero-order chi connectivity index (χ0) is 17.5. The van der Waals surface area contributed by atoms with Crippen molar-refractivity contribution in [3.63, 3.8) is 0 Å². The van der Waals surface area contributed by atoms with Crippen LogP contribution in [0.25, 0.3) is 0 Å². The second-order valence-electron chi connectivity index (χ2n) is 5.41. The molecule has 1 aliphatic rings. The van der Waals surface area contributed by atoms with Gasteiger partial charge in [0.1, 0.15) is 5.75 Å². The van der Waals surface area contributed by atoms with Crippen LogP contribution in [0.1, 0.15) is 0 Å². The number of aliphatic hydroxyl groups excluding tert-OH is 1. The molecule has 0 atom stereocenters. The van der Waals surface area contributed by atoms with Crippen molar-refractivity contribution in [2.75, 3.05) is 51.2 Å². The Balaban J connectivity index is 1.81. The normalized spacial score (nSPS) is 16.4. The number of benzene rings is 1. The molecule has 24 heavy (non-hydrogen) atoms. The molecule has 1 fully saturated rings. The molecule has 6 nitrogen and oxygen atoms in total. The number of nitrogens with zero attached hydrogens (tertiary/aromatic N) is 2. The van der Waals surface area contributed by atoms with Gasteiger partial charge in [-0.25, -0.2) is 0 Å². The summed E-state index contributed by atoms with van der Waals surface area (Å²) in [6.07, 6.45) is 0. The highest BCUT2D eigenvalue weighted by atomic mass is 35.5. The molecule has 0 aliphatic carbocycles. The van der Waals surface area contributed by atoms with Crippen molar-refractivity contribution in [3.05, 3.63) is 23.2 Å². The number of ether oxygens (including phenoxy) is 1. The van der Waals surface area contributed by atoms with Crippen LogP contribution in [0.4, 0.5) is 14.5 Å². The average Bonchev–Trinajstić information content (AvgIpc) is 2.52. The van der Waals surface area contributed by atoms with Crippen LogP contribution in [-0.4, -0.2) is 73.3 Å². The van der Waals surface area contributed by atoms with Gasteiger partial charge in [-0.2, -0.15) is 8.78 Å². The van der Waals surface area contributed by atoms with Crippen LogP contribution >= 0.6 is 11.6 Å². The Labute approximate surface area is 143 Å². The van der Waals surface area contributed by atoms with Crippen LogP contribution in [0.2, 0.25) is 5.02 Å². The van der Waals surface area contributed by atoms with Gasteiger partial charge in [0.25, 0.3) is 0 Å². The zero-order valence-electron chi connectivity index (χ0n) is 13.1. The fraction of sp³-hybridized carbons (Fsp3) is 0.533. The summed E-state index contributed by atoms with van der Waals surface area (Å²) < 4.78 is 28.6. The third kappa shape index (κ3) is 5.86. The molecule has 9 heteroatoms. The predicted molar refractivity (Wildman–Crippen MR) is 86.7 cm³/mol. The van der Waals surface area contributed by atoms with E-state index in [-0.39, 0.29) is 29.8 Å². The smallest absolute Gasteiger partial charge is 0.387 e. The summed E-state index contributed by atoms with van der Waals surface area (Å²) in [6.45, 7) is 1.16. The highest BCUT2D eigenvalue weighted by Crippen LogP contribution is 2.28. The molecule has 1 saturated heterocycles. The number of piperazine rings is 1. The minimum atomic E-state index is -2.95. The minimum Gasteiger partial charge on any atom is -0.433 e. The number of aliphatic hydroxyl groups is 1. The van der Waals surface area contributed by atoms with Gasteiger partial charge in [-0.05, 0) is 18.2 Å². The lowest BCUT2D eigenvalue weighted by atomic mass is 10.3. The molecular weight excluding hydrogens is 344 g/mol. The third-order valence-electron chi connectivity index (χ3n) is 3.68. The summed E-state index contributed by atoms with van der Waals surface area (Å²) in [5.74, 6) is -0.339. The first-order valence-corrected chi connectivity index (χ1v) is 7.95. The van der Waals surface area contributed by atoms with Crippen LogP contribution in [0, 0.1) is 0 Å². The summed E-state index contributed by atoms with van der Waals surface area (Å²) in [7, 11) is 0. The summed E-state index contributed by atoms with van der Waals surface area (Å²) in [5, 5.41) is 11.6. The molecule has 1 amide bonds. The zero-order valence-corrected chi connectivity index (χ0v) is 13.8. The number of halogens is 3. The van der Waals surface area contributed by atoms with Crippen LogP contribution in [0.5, 0.6) is 5.75 Å². The van der Waals surface area contributed by atoms with Gasteiger partial charge in [-0.3, -0.25) is 14.6 Å². The Morgan fingerprint density at radius 3 is 2.54 bits per heavy atom. The fourth-order valence-electron chi connectivity index (χ4n) is 2.49. The topological polar surface area (TPSA) is 65.0 Å². The molecule has 2 N–H and O–H groups in total. The number of nitrogens with one attached hydrogen (secondary N) is 1. The molecule has 0 spiro atoms. The second-order valence-corrected chi connectivity index (χ2v) is 5.82. The van der Waals surface area contributed by atoms with Crippen molar-refractivity contribution in [1.82, 2.24) is 9.80 Å². The lowest BCUT2D eigenvalue weighted by Crippen LogP contribution is -2.49. The lowest BCUT2D eigenvalue weighted by molar-refractivity contribution is -0.117. The molecule has 0 aromatic heterocycles. The van der Waals surface area contributed by atoms with E-state index in [2.05, 4.69) is 15.0 Å². The number of amides is 1. The first kappa shape index (κ1) is 18.9. The summed E-state index contributed by atoms with van der Waals surface area (Å²) in [5.41, 5.74) is 0.422. The molecule has 2 rings (SSSR count). The molecular formula is C15H20ClF2N3O3. The fourth-order valence-corrected chi connectivity index (χ4v) is 2.71. The summed E-state index contributed by atoms with van der Waals surface area (Å²) in [6, 6.07) is 4.12. The van der Waals surface area contributed by atoms with E-state index < -0.39 is 6.61 Å². The number of alkyl halides is 2. The average molecular weight is 364 g/mol. The van der Waals surface area contributed by atoms with E-state index in [4.69, 9.17) is 16.7 Å². The maximum absolute atomic E-state index is 12.2. The standard InChI is InChI=1S/C15H20ClF2N3O3/c16-12-9-11(1-2-13(12)24-15(17)18)19-14(23)10-21-5-3-20(4-6-21)7-8-22/h1-2,9,15,22H,3-8,10H2,(H,19,23). The molecule has 1 heterocycles. The highest BCUT2D eigenvalue weighted by molar-refractivity contribution is 6.32.